The third-order valence-corrected chi connectivity index (χ3v) is 1.85. The summed E-state index contributed by atoms with van der Waals surface area (Å²) in [6.45, 7) is 0. The molecule has 0 radical (unpaired) electrons. The first-order valence-electron chi connectivity index (χ1n) is 4.68. The Balaban J connectivity index is 3.32. The average molecular weight is 267 g/mol. The molecule has 0 amide bonds. The van der Waals surface area contributed by atoms with Gasteiger partial charge in [-0.25, -0.2) is 4.99 Å². The van der Waals surface area contributed by atoms with Gasteiger partial charge < -0.3 is 17.2 Å². The van der Waals surface area contributed by atoms with Crippen LogP contribution in [0.2, 0.25) is 0 Å². The van der Waals surface area contributed by atoms with Gasteiger partial charge in [0.2, 0.25) is 5.96 Å². The van der Waals surface area contributed by atoms with E-state index < -0.39 is 27.2 Å². The Morgan fingerprint density at radius 3 is 2.21 bits per heavy atom. The number of hydrogen-bond donors (Lipinski definition) is 3. The van der Waals surface area contributed by atoms with E-state index in [2.05, 4.69) is 9.98 Å². The van der Waals surface area contributed by atoms with Gasteiger partial charge in [0.25, 0.3) is 5.69 Å². The Kier molecular flexibility index (Phi) is 3.93. The summed E-state index contributed by atoms with van der Waals surface area (Å²) in [7, 11) is 0. The van der Waals surface area contributed by atoms with E-state index in [0.29, 0.717) is 0 Å². The second-order valence-corrected chi connectivity index (χ2v) is 3.19. The number of hydrogen-bond acceptors (Lipinski definition) is 5. The van der Waals surface area contributed by atoms with Crippen molar-refractivity contribution in [1.29, 1.82) is 0 Å². The lowest BCUT2D eigenvalue weighted by Gasteiger charge is -1.98. The van der Waals surface area contributed by atoms with Crippen molar-refractivity contribution in [2.75, 3.05) is 0 Å². The molecule has 11 nitrogen and oxygen atoms in total. The third kappa shape index (κ3) is 3.62. The second kappa shape index (κ2) is 5.39. The molecule has 0 fully saturated rings. The summed E-state index contributed by atoms with van der Waals surface area (Å²) in [6.07, 6.45) is 0. The number of nitrogens with two attached hydrogens (primary N) is 3. The van der Waals surface area contributed by atoms with Crippen LogP contribution in [0.5, 0.6) is 0 Å². The zero-order valence-electron chi connectivity index (χ0n) is 9.39. The fraction of sp³-hybridized carbons (Fsp3) is 0. The molecule has 100 valence electrons. The lowest BCUT2D eigenvalue weighted by atomic mass is 10.2. The molecule has 0 bridgehead atoms. The minimum absolute atomic E-state index is 0.196. The predicted molar refractivity (Wildman–Crippen MR) is 66.8 cm³/mol. The molecule has 0 unspecified atom stereocenters. The van der Waals surface area contributed by atoms with E-state index in [4.69, 9.17) is 17.2 Å². The zero-order valence-corrected chi connectivity index (χ0v) is 9.39. The number of nitro groups is 2. The largest absolute Gasteiger partial charge is 0.370 e. The van der Waals surface area contributed by atoms with Crippen LogP contribution in [0.1, 0.15) is 0 Å². The van der Waals surface area contributed by atoms with Gasteiger partial charge in [0.15, 0.2) is 5.96 Å². The Morgan fingerprint density at radius 2 is 1.74 bits per heavy atom. The average Bonchev–Trinajstić information content (AvgIpc) is 2.27. The van der Waals surface area contributed by atoms with Gasteiger partial charge in [0.05, 0.1) is 15.9 Å². The summed E-state index contributed by atoms with van der Waals surface area (Å²) < 4.78 is 0. The van der Waals surface area contributed by atoms with E-state index >= 15 is 0 Å². The van der Waals surface area contributed by atoms with E-state index in [9.17, 15) is 20.2 Å². The molecule has 1 aromatic rings. The molecule has 0 saturated heterocycles. The van der Waals surface area contributed by atoms with Gasteiger partial charge in [-0.3, -0.25) is 20.2 Å². The number of benzene rings is 1. The number of rotatable bonds is 3. The number of aliphatic imine (C=N–C) groups is 2. The number of non-ortho nitro benzene ring substituents is 1. The third-order valence-electron chi connectivity index (χ3n) is 1.85. The Hall–Kier alpha value is -3.24. The molecular formula is C8H9N7O4. The standard InChI is InChI=1S/C8H9N7O4/c9-7(10)13-8(11)12-5-2-1-4(14(16)17)3-6(5)15(18)19/h1-3H,(H6,9,10,11,12,13). The summed E-state index contributed by atoms with van der Waals surface area (Å²) in [6, 6.07) is 2.89. The minimum Gasteiger partial charge on any atom is -0.370 e. The van der Waals surface area contributed by atoms with Crippen LogP contribution in [0.25, 0.3) is 0 Å². The molecule has 0 aliphatic carbocycles. The molecule has 6 N–H and O–H groups in total. The number of nitrogens with zero attached hydrogens (tertiary/aromatic N) is 4. The maximum absolute atomic E-state index is 10.8. The Morgan fingerprint density at radius 1 is 1.11 bits per heavy atom. The lowest BCUT2D eigenvalue weighted by molar-refractivity contribution is -0.393. The van der Waals surface area contributed by atoms with Crippen molar-refractivity contribution in [1.82, 2.24) is 0 Å². The van der Waals surface area contributed by atoms with Gasteiger partial charge in [0, 0.05) is 6.07 Å². The first-order valence-corrected chi connectivity index (χ1v) is 4.68. The fourth-order valence-electron chi connectivity index (χ4n) is 1.15. The molecule has 1 rings (SSSR count). The highest BCUT2D eigenvalue weighted by atomic mass is 16.6. The van der Waals surface area contributed by atoms with Crippen molar-refractivity contribution in [2.24, 2.45) is 27.2 Å². The summed E-state index contributed by atoms with van der Waals surface area (Å²) in [5.74, 6) is -0.775. The van der Waals surface area contributed by atoms with E-state index in [-0.39, 0.29) is 11.6 Å². The van der Waals surface area contributed by atoms with Gasteiger partial charge in [-0.15, -0.1) is 0 Å². The van der Waals surface area contributed by atoms with Crippen LogP contribution in [0, 0.1) is 20.2 Å². The monoisotopic (exact) mass is 267 g/mol. The molecule has 0 aromatic heterocycles. The smallest absolute Gasteiger partial charge is 0.301 e. The molecule has 0 aliphatic rings. The molecule has 0 aliphatic heterocycles. The lowest BCUT2D eigenvalue weighted by Crippen LogP contribution is -2.26. The highest BCUT2D eigenvalue weighted by Crippen LogP contribution is 2.31. The number of guanidine groups is 2. The molecule has 19 heavy (non-hydrogen) atoms. The van der Waals surface area contributed by atoms with Crippen LogP contribution >= 0.6 is 0 Å². The summed E-state index contributed by atoms with van der Waals surface area (Å²) in [5.41, 5.74) is 14.2. The SMILES string of the molecule is NC(N)=NC(N)=Nc1ccc([N+](=O)[O-])cc1[N+](=O)[O-]. The molecule has 0 spiro atoms. The second-order valence-electron chi connectivity index (χ2n) is 3.19. The molecule has 11 heteroatoms. The van der Waals surface area contributed by atoms with Gasteiger partial charge in [-0.1, -0.05) is 0 Å². The molecule has 0 saturated carbocycles. The van der Waals surface area contributed by atoms with Gasteiger partial charge in [-0.2, -0.15) is 4.99 Å². The topological polar surface area (TPSA) is 189 Å². The van der Waals surface area contributed by atoms with Crippen LogP contribution in [0.15, 0.2) is 28.2 Å². The van der Waals surface area contributed by atoms with Crippen LogP contribution in [-0.2, 0) is 0 Å². The maximum Gasteiger partial charge on any atom is 0.301 e. The zero-order chi connectivity index (χ0) is 14.6. The van der Waals surface area contributed by atoms with Crippen LogP contribution < -0.4 is 17.2 Å². The maximum atomic E-state index is 10.8. The molecule has 0 atom stereocenters. The highest BCUT2D eigenvalue weighted by molar-refractivity contribution is 5.94. The van der Waals surface area contributed by atoms with Crippen LogP contribution in [0.4, 0.5) is 17.1 Å². The normalized spacial score (nSPS) is 10.8. The molecule has 1 aromatic carbocycles. The van der Waals surface area contributed by atoms with E-state index in [0.717, 1.165) is 18.2 Å². The van der Waals surface area contributed by atoms with Crippen molar-refractivity contribution in [3.8, 4) is 0 Å². The Labute approximate surface area is 105 Å². The molecule has 0 heterocycles. The van der Waals surface area contributed by atoms with Crippen molar-refractivity contribution < 1.29 is 9.85 Å². The quantitative estimate of drug-likeness (QED) is 0.290. The van der Waals surface area contributed by atoms with Crippen LogP contribution in [-0.4, -0.2) is 21.8 Å². The van der Waals surface area contributed by atoms with Gasteiger partial charge >= 0.3 is 5.69 Å². The van der Waals surface area contributed by atoms with E-state index in [1.165, 1.54) is 0 Å². The van der Waals surface area contributed by atoms with Crippen molar-refractivity contribution in [2.45, 2.75) is 0 Å². The number of nitro benzene ring substituents is 2. The highest BCUT2D eigenvalue weighted by Gasteiger charge is 2.19. The summed E-state index contributed by atoms with van der Waals surface area (Å²) >= 11 is 0. The first-order chi connectivity index (χ1) is 8.81. The van der Waals surface area contributed by atoms with E-state index in [1.54, 1.807) is 0 Å². The first kappa shape index (κ1) is 13.8. The van der Waals surface area contributed by atoms with Gasteiger partial charge in [0.1, 0.15) is 5.69 Å². The Bertz CT molecular complexity index is 591. The minimum atomic E-state index is -0.825. The van der Waals surface area contributed by atoms with E-state index in [1.807, 2.05) is 0 Å². The molecular weight excluding hydrogens is 258 g/mol. The fourth-order valence-corrected chi connectivity index (χ4v) is 1.15. The van der Waals surface area contributed by atoms with Crippen molar-refractivity contribution in [3.63, 3.8) is 0 Å². The summed E-state index contributed by atoms with van der Waals surface area (Å²) in [4.78, 5) is 26.7. The van der Waals surface area contributed by atoms with Crippen molar-refractivity contribution >= 4 is 29.0 Å². The predicted octanol–water partition coefficient (Wildman–Crippen LogP) is -0.277. The summed E-state index contributed by atoms with van der Waals surface area (Å²) in [5, 5.41) is 21.3. The van der Waals surface area contributed by atoms with Gasteiger partial charge in [-0.05, 0) is 6.07 Å². The van der Waals surface area contributed by atoms with Crippen molar-refractivity contribution in [3.05, 3.63) is 38.4 Å². The van der Waals surface area contributed by atoms with Crippen LogP contribution in [0.3, 0.4) is 0 Å².